The minimum Gasteiger partial charge on any atom is -0.309 e. The van der Waals surface area contributed by atoms with Crippen molar-refractivity contribution in [2.45, 2.75) is 38.5 Å². The van der Waals surface area contributed by atoms with E-state index in [1.54, 1.807) is 0 Å². The summed E-state index contributed by atoms with van der Waals surface area (Å²) < 4.78 is 2.45. The van der Waals surface area contributed by atoms with Gasteiger partial charge in [0.1, 0.15) is 0 Å². The lowest BCUT2D eigenvalue weighted by molar-refractivity contribution is 0.660. The van der Waals surface area contributed by atoms with Gasteiger partial charge in [-0.3, -0.25) is 0 Å². The molecule has 43 heavy (non-hydrogen) atoms. The Bertz CT molecular complexity index is 2270. The van der Waals surface area contributed by atoms with Crippen molar-refractivity contribution in [1.29, 1.82) is 0 Å². The van der Waals surface area contributed by atoms with E-state index < -0.39 is 0 Å². The first kappa shape index (κ1) is 24.7. The van der Waals surface area contributed by atoms with Gasteiger partial charge in [0.05, 0.1) is 11.0 Å². The van der Waals surface area contributed by atoms with Gasteiger partial charge in [-0.15, -0.1) is 0 Å². The summed E-state index contributed by atoms with van der Waals surface area (Å²) in [4.78, 5) is 0. The van der Waals surface area contributed by atoms with Gasteiger partial charge in [0.2, 0.25) is 0 Å². The van der Waals surface area contributed by atoms with Crippen LogP contribution in [0.15, 0.2) is 127 Å². The number of para-hydroxylation sites is 1. The van der Waals surface area contributed by atoms with E-state index in [0.717, 1.165) is 0 Å². The van der Waals surface area contributed by atoms with Gasteiger partial charge in [-0.2, -0.15) is 0 Å². The Labute approximate surface area is 253 Å². The highest BCUT2D eigenvalue weighted by Crippen LogP contribution is 2.51. The molecule has 7 aromatic rings. The number of benzene rings is 6. The summed E-state index contributed by atoms with van der Waals surface area (Å²) in [5.41, 5.74) is 17.3. The number of rotatable bonds is 2. The first-order valence-electron chi connectivity index (χ1n) is 15.4. The Morgan fingerprint density at radius 3 is 1.67 bits per heavy atom. The molecule has 0 bridgehead atoms. The molecule has 206 valence electrons. The van der Waals surface area contributed by atoms with Crippen LogP contribution in [0, 0.1) is 0 Å². The van der Waals surface area contributed by atoms with Gasteiger partial charge in [0, 0.05) is 27.3 Å². The molecule has 0 radical (unpaired) electrons. The van der Waals surface area contributed by atoms with Crippen LogP contribution in [0.4, 0.5) is 0 Å². The predicted molar refractivity (Wildman–Crippen MR) is 181 cm³/mol. The van der Waals surface area contributed by atoms with Crippen molar-refractivity contribution >= 4 is 21.8 Å². The molecule has 0 aliphatic heterocycles. The molecule has 0 saturated carbocycles. The molecular weight excluding hydrogens is 518 g/mol. The standard InChI is InChI=1S/C42H33N/c1-41(2)35-14-8-5-11-29(35)32-23-27(19-22-37(32)41)26-17-20-28(21-18-26)43-39-16-10-7-13-31(39)34-24-33-30-12-6-9-15-36(30)42(3,4)38(33)25-40(34)43/h5-25H,1-4H3. The Hall–Kier alpha value is -4.88. The molecule has 2 aliphatic rings. The molecule has 2 aliphatic carbocycles. The largest absolute Gasteiger partial charge is 0.309 e. The second-order valence-corrected chi connectivity index (χ2v) is 13.4. The highest BCUT2D eigenvalue weighted by Gasteiger charge is 2.37. The minimum atomic E-state index is -0.0357. The van der Waals surface area contributed by atoms with Crippen LogP contribution in [-0.2, 0) is 10.8 Å². The third-order valence-electron chi connectivity index (χ3n) is 10.4. The number of hydrogen-bond acceptors (Lipinski definition) is 0. The van der Waals surface area contributed by atoms with Crippen LogP contribution in [0.1, 0.15) is 49.9 Å². The maximum Gasteiger partial charge on any atom is 0.0544 e. The van der Waals surface area contributed by atoms with Crippen LogP contribution >= 0.6 is 0 Å². The molecule has 0 unspecified atom stereocenters. The van der Waals surface area contributed by atoms with Gasteiger partial charge in [-0.1, -0.05) is 119 Å². The second-order valence-electron chi connectivity index (χ2n) is 13.4. The van der Waals surface area contributed by atoms with E-state index in [2.05, 4.69) is 160 Å². The quantitative estimate of drug-likeness (QED) is 0.201. The van der Waals surface area contributed by atoms with Crippen molar-refractivity contribution in [3.05, 3.63) is 150 Å². The number of aromatic nitrogens is 1. The highest BCUT2D eigenvalue weighted by molar-refractivity contribution is 6.11. The van der Waals surface area contributed by atoms with Crippen molar-refractivity contribution < 1.29 is 0 Å². The Balaban J connectivity index is 1.19. The van der Waals surface area contributed by atoms with Crippen LogP contribution in [-0.4, -0.2) is 4.57 Å². The maximum absolute atomic E-state index is 2.46. The fraction of sp³-hybridized carbons (Fsp3) is 0.143. The molecule has 6 aromatic carbocycles. The van der Waals surface area contributed by atoms with Crippen molar-refractivity contribution in [1.82, 2.24) is 4.57 Å². The number of hydrogen-bond donors (Lipinski definition) is 0. The molecule has 1 heterocycles. The molecule has 0 N–H and O–H groups in total. The van der Waals surface area contributed by atoms with E-state index in [0.29, 0.717) is 0 Å². The summed E-state index contributed by atoms with van der Waals surface area (Å²) in [6.07, 6.45) is 0. The second kappa shape index (κ2) is 8.36. The Kier molecular flexibility index (Phi) is 4.80. The van der Waals surface area contributed by atoms with Gasteiger partial charge in [0.25, 0.3) is 0 Å². The molecule has 0 atom stereocenters. The van der Waals surface area contributed by atoms with Crippen molar-refractivity contribution in [2.24, 2.45) is 0 Å². The summed E-state index contributed by atoms with van der Waals surface area (Å²) >= 11 is 0. The summed E-state index contributed by atoms with van der Waals surface area (Å²) in [5, 5.41) is 2.61. The van der Waals surface area contributed by atoms with Crippen LogP contribution in [0.25, 0.3) is 60.9 Å². The monoisotopic (exact) mass is 551 g/mol. The summed E-state index contributed by atoms with van der Waals surface area (Å²) in [7, 11) is 0. The molecule has 1 heteroatoms. The zero-order valence-corrected chi connectivity index (χ0v) is 25.1. The molecular formula is C42H33N. The lowest BCUT2D eigenvalue weighted by Crippen LogP contribution is -2.14. The summed E-state index contributed by atoms with van der Waals surface area (Å²) in [5.74, 6) is 0. The maximum atomic E-state index is 2.46. The third kappa shape index (κ3) is 3.23. The summed E-state index contributed by atoms with van der Waals surface area (Å²) in [6, 6.07) is 47.7. The zero-order chi connectivity index (χ0) is 29.1. The molecule has 1 aromatic heterocycles. The smallest absolute Gasteiger partial charge is 0.0544 e. The predicted octanol–water partition coefficient (Wildman–Crippen LogP) is 11.1. The van der Waals surface area contributed by atoms with Gasteiger partial charge in [-0.05, 0) is 92.0 Å². The van der Waals surface area contributed by atoms with Gasteiger partial charge in [-0.25, -0.2) is 0 Å². The van der Waals surface area contributed by atoms with Crippen molar-refractivity contribution in [2.75, 3.05) is 0 Å². The van der Waals surface area contributed by atoms with Crippen LogP contribution < -0.4 is 0 Å². The van der Waals surface area contributed by atoms with E-state index in [-0.39, 0.29) is 10.8 Å². The minimum absolute atomic E-state index is 0.0287. The van der Waals surface area contributed by atoms with Crippen molar-refractivity contribution in [3.63, 3.8) is 0 Å². The molecule has 0 amide bonds. The topological polar surface area (TPSA) is 4.93 Å². The first-order chi connectivity index (χ1) is 20.8. The van der Waals surface area contributed by atoms with Crippen molar-refractivity contribution in [3.8, 4) is 39.1 Å². The number of nitrogens with zero attached hydrogens (tertiary/aromatic N) is 1. The number of fused-ring (bicyclic) bond motifs is 9. The van der Waals surface area contributed by atoms with Crippen LogP contribution in [0.3, 0.4) is 0 Å². The van der Waals surface area contributed by atoms with Gasteiger partial charge < -0.3 is 4.57 Å². The summed E-state index contributed by atoms with van der Waals surface area (Å²) in [6.45, 7) is 9.41. The average Bonchev–Trinajstić information content (AvgIpc) is 3.57. The third-order valence-corrected chi connectivity index (χ3v) is 10.4. The van der Waals surface area contributed by atoms with Gasteiger partial charge >= 0.3 is 0 Å². The first-order valence-corrected chi connectivity index (χ1v) is 15.4. The Morgan fingerprint density at radius 2 is 0.953 bits per heavy atom. The van der Waals surface area contributed by atoms with E-state index in [1.165, 1.54) is 83.1 Å². The highest BCUT2D eigenvalue weighted by atomic mass is 15.0. The molecule has 0 fully saturated rings. The van der Waals surface area contributed by atoms with E-state index in [4.69, 9.17) is 0 Å². The van der Waals surface area contributed by atoms with Gasteiger partial charge in [0.15, 0.2) is 0 Å². The zero-order valence-electron chi connectivity index (χ0n) is 25.1. The normalized spacial score (nSPS) is 15.3. The lowest BCUT2D eigenvalue weighted by Gasteiger charge is -2.21. The lowest BCUT2D eigenvalue weighted by atomic mass is 9.82. The molecule has 0 saturated heterocycles. The van der Waals surface area contributed by atoms with E-state index in [1.807, 2.05) is 0 Å². The van der Waals surface area contributed by atoms with E-state index in [9.17, 15) is 0 Å². The van der Waals surface area contributed by atoms with Crippen LogP contribution in [0.2, 0.25) is 0 Å². The molecule has 1 nitrogen and oxygen atoms in total. The molecule has 9 rings (SSSR count). The van der Waals surface area contributed by atoms with Crippen LogP contribution in [0.5, 0.6) is 0 Å². The fourth-order valence-corrected chi connectivity index (χ4v) is 8.14. The fourth-order valence-electron chi connectivity index (χ4n) is 8.14. The van der Waals surface area contributed by atoms with E-state index >= 15 is 0 Å². The Morgan fingerprint density at radius 1 is 0.395 bits per heavy atom. The average molecular weight is 552 g/mol. The SMILES string of the molecule is CC1(C)c2ccccc2-c2cc(-c3ccc(-n4c5ccccc5c5cc6c(cc54)C(C)(C)c4ccccc4-6)cc3)ccc21. The molecule has 0 spiro atoms.